The summed E-state index contributed by atoms with van der Waals surface area (Å²) in [5, 5.41) is 2.98. The molecule has 1 atom stereocenters. The van der Waals surface area contributed by atoms with Crippen LogP contribution in [0.15, 0.2) is 83.0 Å². The fraction of sp³-hybridized carbons (Fsp3) is 0.304. The Bertz CT molecular complexity index is 714. The molecule has 0 amide bonds. The van der Waals surface area contributed by atoms with Crippen LogP contribution in [0.25, 0.3) is 0 Å². The predicted molar refractivity (Wildman–Crippen MR) is 109 cm³/mol. The van der Waals surface area contributed by atoms with Gasteiger partial charge >= 0.3 is 0 Å². The van der Waals surface area contributed by atoms with Crippen LogP contribution in [0.1, 0.15) is 34.1 Å². The highest BCUT2D eigenvalue weighted by Gasteiger charge is 2.24. The van der Waals surface area contributed by atoms with Gasteiger partial charge < -0.3 is 0 Å². The molecule has 1 aliphatic rings. The van der Waals surface area contributed by atoms with Gasteiger partial charge in [0, 0.05) is 0 Å². The van der Waals surface area contributed by atoms with Crippen LogP contribution >= 0.6 is 7.92 Å². The Balaban J connectivity index is 1.84. The first kappa shape index (κ1) is 17.2. The van der Waals surface area contributed by atoms with E-state index in [1.54, 1.807) is 11.1 Å². The molecule has 0 fully saturated rings. The molecule has 0 radical (unpaired) electrons. The molecule has 0 spiro atoms. The van der Waals surface area contributed by atoms with Gasteiger partial charge in [-0.25, -0.2) is 0 Å². The smallest absolute Gasteiger partial charge is 0.00124 e. The van der Waals surface area contributed by atoms with E-state index in [-0.39, 0.29) is 7.92 Å². The minimum absolute atomic E-state index is 0.286. The molecule has 0 N–H and O–H groups in total. The molecule has 0 bridgehead atoms. The summed E-state index contributed by atoms with van der Waals surface area (Å²) in [7, 11) is -0.286. The monoisotopic (exact) mass is 334 g/mol. The van der Waals surface area contributed by atoms with E-state index in [2.05, 4.69) is 88.4 Å². The van der Waals surface area contributed by atoms with Gasteiger partial charge in [-0.2, -0.15) is 0 Å². The van der Waals surface area contributed by atoms with Crippen molar-refractivity contribution in [1.82, 2.24) is 0 Å². The number of benzene rings is 2. The summed E-state index contributed by atoms with van der Waals surface area (Å²) in [5.41, 5.74) is 6.27. The van der Waals surface area contributed by atoms with Gasteiger partial charge in [-0.1, -0.05) is 78.7 Å². The van der Waals surface area contributed by atoms with E-state index in [9.17, 15) is 0 Å². The van der Waals surface area contributed by atoms with Gasteiger partial charge in [0.2, 0.25) is 0 Å². The molecule has 0 aliphatic heterocycles. The molecule has 0 heterocycles. The summed E-state index contributed by atoms with van der Waals surface area (Å²) in [4.78, 5) is 0. The largest absolute Gasteiger partial charge is 0.0632 e. The van der Waals surface area contributed by atoms with Crippen LogP contribution in [-0.4, -0.2) is 6.16 Å². The van der Waals surface area contributed by atoms with Gasteiger partial charge in [-0.3, -0.25) is 0 Å². The Morgan fingerprint density at radius 2 is 1.25 bits per heavy atom. The third-order valence-corrected chi connectivity index (χ3v) is 8.06. The van der Waals surface area contributed by atoms with E-state index in [1.807, 2.05) is 0 Å². The third-order valence-electron chi connectivity index (χ3n) is 5.55. The molecular weight excluding hydrogens is 307 g/mol. The molecule has 0 nitrogen and oxygen atoms in total. The first-order valence-electron chi connectivity index (χ1n) is 8.84. The molecule has 2 aromatic carbocycles. The molecule has 3 rings (SSSR count). The van der Waals surface area contributed by atoms with E-state index >= 15 is 0 Å². The third kappa shape index (κ3) is 3.40. The second kappa shape index (κ2) is 7.49. The van der Waals surface area contributed by atoms with Crippen LogP contribution in [0.3, 0.4) is 0 Å². The summed E-state index contributed by atoms with van der Waals surface area (Å²) in [6, 6.07) is 22.1. The Morgan fingerprint density at radius 3 is 1.67 bits per heavy atom. The summed E-state index contributed by atoms with van der Waals surface area (Å²) in [6.07, 6.45) is 2.44. The summed E-state index contributed by atoms with van der Waals surface area (Å²) < 4.78 is 0. The summed E-state index contributed by atoms with van der Waals surface area (Å²) >= 11 is 0. The van der Waals surface area contributed by atoms with Gasteiger partial charge in [-0.15, -0.1) is 0 Å². The first-order valence-corrected chi connectivity index (χ1v) is 10.4. The fourth-order valence-corrected chi connectivity index (χ4v) is 6.05. The van der Waals surface area contributed by atoms with E-state index in [0.717, 1.165) is 0 Å². The van der Waals surface area contributed by atoms with Crippen molar-refractivity contribution in [3.63, 3.8) is 0 Å². The highest BCUT2D eigenvalue weighted by molar-refractivity contribution is 7.73. The zero-order valence-corrected chi connectivity index (χ0v) is 16.1. The number of allylic oxidation sites excluding steroid dienone is 4. The van der Waals surface area contributed by atoms with E-state index in [1.165, 1.54) is 34.3 Å². The highest BCUT2D eigenvalue weighted by Crippen LogP contribution is 2.42. The molecule has 124 valence electrons. The van der Waals surface area contributed by atoms with Crippen molar-refractivity contribution < 1.29 is 0 Å². The molecule has 0 saturated carbocycles. The second-order valence-electron chi connectivity index (χ2n) is 6.75. The van der Waals surface area contributed by atoms with Gasteiger partial charge in [0.25, 0.3) is 0 Å². The minimum atomic E-state index is -0.286. The first-order chi connectivity index (χ1) is 11.6. The maximum Gasteiger partial charge on any atom is -0.00124 e. The SMILES string of the molecule is CC1=C(C)C(C)C(CCP(c2ccccc2)c2ccccc2)=C1C. The topological polar surface area (TPSA) is 0 Å². The second-order valence-corrected chi connectivity index (χ2v) is 9.09. The van der Waals surface area contributed by atoms with E-state index in [4.69, 9.17) is 0 Å². The predicted octanol–water partition coefficient (Wildman–Crippen LogP) is 5.81. The van der Waals surface area contributed by atoms with E-state index in [0.29, 0.717) is 5.92 Å². The number of hydrogen-bond acceptors (Lipinski definition) is 0. The van der Waals surface area contributed by atoms with Crippen molar-refractivity contribution in [3.05, 3.63) is 83.0 Å². The Kier molecular flexibility index (Phi) is 5.36. The van der Waals surface area contributed by atoms with Crippen LogP contribution in [0, 0.1) is 5.92 Å². The fourth-order valence-electron chi connectivity index (χ4n) is 3.71. The van der Waals surface area contributed by atoms with Crippen molar-refractivity contribution in [2.45, 2.75) is 34.1 Å². The quantitative estimate of drug-likeness (QED) is 0.605. The maximum absolute atomic E-state index is 2.37. The normalized spacial score (nSPS) is 18.0. The molecule has 1 heteroatoms. The maximum atomic E-state index is 2.37. The van der Waals surface area contributed by atoms with Crippen molar-refractivity contribution in [2.75, 3.05) is 6.16 Å². The molecule has 1 unspecified atom stereocenters. The van der Waals surface area contributed by atoms with Crippen LogP contribution in [-0.2, 0) is 0 Å². The molecule has 1 aliphatic carbocycles. The lowest BCUT2D eigenvalue weighted by atomic mass is 9.96. The summed E-state index contributed by atoms with van der Waals surface area (Å²) in [6.45, 7) is 9.27. The molecule has 24 heavy (non-hydrogen) atoms. The Hall–Kier alpha value is -1.65. The Labute approximate surface area is 148 Å². The molecule has 2 aromatic rings. The number of rotatable bonds is 5. The van der Waals surface area contributed by atoms with Crippen LogP contribution < -0.4 is 10.6 Å². The zero-order chi connectivity index (χ0) is 17.1. The van der Waals surface area contributed by atoms with Gasteiger partial charge in [-0.05, 0) is 68.9 Å². The highest BCUT2D eigenvalue weighted by atomic mass is 31.1. The van der Waals surface area contributed by atoms with Crippen molar-refractivity contribution in [1.29, 1.82) is 0 Å². The average Bonchev–Trinajstić information content (AvgIpc) is 2.81. The Morgan fingerprint density at radius 1 is 0.750 bits per heavy atom. The van der Waals surface area contributed by atoms with Crippen LogP contribution in [0.5, 0.6) is 0 Å². The lowest BCUT2D eigenvalue weighted by Crippen LogP contribution is -2.14. The standard InChI is InChI=1S/C23H27P/c1-17-18(2)20(4)23(19(17)3)15-16-24(21-11-7-5-8-12-21)22-13-9-6-10-14-22/h5-14,19H,15-16H2,1-4H3. The molecular formula is C23H27P. The van der Waals surface area contributed by atoms with Crippen molar-refractivity contribution in [2.24, 2.45) is 5.92 Å². The number of hydrogen-bond donors (Lipinski definition) is 0. The lowest BCUT2D eigenvalue weighted by Gasteiger charge is -2.21. The zero-order valence-electron chi connectivity index (χ0n) is 15.2. The minimum Gasteiger partial charge on any atom is -0.0632 e. The van der Waals surface area contributed by atoms with Gasteiger partial charge in [0.1, 0.15) is 0 Å². The van der Waals surface area contributed by atoms with Crippen LogP contribution in [0.4, 0.5) is 0 Å². The molecule has 0 aromatic heterocycles. The lowest BCUT2D eigenvalue weighted by molar-refractivity contribution is 0.776. The van der Waals surface area contributed by atoms with Crippen molar-refractivity contribution >= 4 is 18.5 Å². The van der Waals surface area contributed by atoms with Gasteiger partial charge in [0.15, 0.2) is 0 Å². The summed E-state index contributed by atoms with van der Waals surface area (Å²) in [5.74, 6) is 0.619. The molecule has 0 saturated heterocycles. The van der Waals surface area contributed by atoms with Crippen molar-refractivity contribution in [3.8, 4) is 0 Å². The van der Waals surface area contributed by atoms with Crippen LogP contribution in [0.2, 0.25) is 0 Å². The van der Waals surface area contributed by atoms with Gasteiger partial charge in [0.05, 0.1) is 0 Å². The average molecular weight is 334 g/mol. The van der Waals surface area contributed by atoms with E-state index < -0.39 is 0 Å².